The van der Waals surface area contributed by atoms with Gasteiger partial charge in [-0.15, -0.1) is 5.10 Å². The molecule has 1 heterocycles. The van der Waals surface area contributed by atoms with Crippen LogP contribution in [0.1, 0.15) is 32.1 Å². The first-order valence-electron chi connectivity index (χ1n) is 4.22. The lowest BCUT2D eigenvalue weighted by atomic mass is 10.3. The quantitative estimate of drug-likeness (QED) is 0.696. The van der Waals surface area contributed by atoms with E-state index < -0.39 is 0 Å². The van der Waals surface area contributed by atoms with Crippen LogP contribution in [-0.2, 0) is 6.42 Å². The number of rotatable bonds is 4. The first kappa shape index (κ1) is 9.12. The van der Waals surface area contributed by atoms with Crippen LogP contribution in [0, 0.1) is 0 Å². The van der Waals surface area contributed by atoms with Gasteiger partial charge < -0.3 is 5.73 Å². The van der Waals surface area contributed by atoms with Crippen LogP contribution in [0.5, 0.6) is 0 Å². The van der Waals surface area contributed by atoms with Crippen molar-refractivity contribution in [2.24, 2.45) is 5.73 Å². The lowest BCUT2D eigenvalue weighted by Gasteiger charge is -2.06. The highest BCUT2D eigenvalue weighted by Crippen LogP contribution is 2.05. The third-order valence-corrected chi connectivity index (χ3v) is 1.65. The molecule has 1 aromatic heterocycles. The number of aryl methyl sites for hydroxylation is 1. The summed E-state index contributed by atoms with van der Waals surface area (Å²) in [6, 6.07) is 0.327. The van der Waals surface area contributed by atoms with Gasteiger partial charge in [-0.1, -0.05) is 0 Å². The second-order valence-corrected chi connectivity index (χ2v) is 3.03. The van der Waals surface area contributed by atoms with E-state index in [4.69, 9.17) is 5.73 Å². The lowest BCUT2D eigenvalue weighted by Crippen LogP contribution is -2.10. The van der Waals surface area contributed by atoms with Crippen LogP contribution < -0.4 is 5.73 Å². The van der Waals surface area contributed by atoms with E-state index in [1.54, 1.807) is 0 Å². The van der Waals surface area contributed by atoms with Crippen LogP contribution in [0.2, 0.25) is 0 Å². The summed E-state index contributed by atoms with van der Waals surface area (Å²) in [6.45, 7) is 4.80. The van der Waals surface area contributed by atoms with E-state index in [9.17, 15) is 0 Å². The van der Waals surface area contributed by atoms with Gasteiger partial charge in [-0.05, 0) is 37.2 Å². The minimum Gasteiger partial charge on any atom is -0.330 e. The van der Waals surface area contributed by atoms with Crippen molar-refractivity contribution in [3.63, 3.8) is 0 Å². The Morgan fingerprint density at radius 1 is 1.50 bits per heavy atom. The Morgan fingerprint density at radius 2 is 2.25 bits per heavy atom. The number of hydrogen-bond donors (Lipinski definition) is 1. The average Bonchev–Trinajstić information content (AvgIpc) is 2.48. The van der Waals surface area contributed by atoms with E-state index in [1.807, 2.05) is 4.68 Å². The third kappa shape index (κ3) is 2.01. The molecule has 0 fully saturated rings. The van der Waals surface area contributed by atoms with Gasteiger partial charge in [-0.2, -0.15) is 0 Å². The molecule has 0 unspecified atom stereocenters. The Balaban J connectivity index is 2.64. The standard InChI is InChI=1S/C7H15N5/c1-6(2)12-7(4-3-5-8)9-10-11-12/h6H,3-5,8H2,1-2H3. The minimum atomic E-state index is 0.327. The molecular formula is C7H15N5. The zero-order valence-corrected chi connectivity index (χ0v) is 7.56. The van der Waals surface area contributed by atoms with Crippen molar-refractivity contribution in [1.82, 2.24) is 20.2 Å². The van der Waals surface area contributed by atoms with Crippen molar-refractivity contribution in [2.75, 3.05) is 6.54 Å². The number of tetrazole rings is 1. The Kier molecular flexibility index (Phi) is 3.16. The fraction of sp³-hybridized carbons (Fsp3) is 0.857. The number of aromatic nitrogens is 4. The van der Waals surface area contributed by atoms with Crippen LogP contribution >= 0.6 is 0 Å². The van der Waals surface area contributed by atoms with E-state index in [2.05, 4.69) is 29.4 Å². The summed E-state index contributed by atoms with van der Waals surface area (Å²) < 4.78 is 1.83. The maximum atomic E-state index is 5.39. The number of hydrogen-bond acceptors (Lipinski definition) is 4. The van der Waals surface area contributed by atoms with Gasteiger partial charge in [0.1, 0.15) is 0 Å². The maximum Gasteiger partial charge on any atom is 0.151 e. The molecule has 5 nitrogen and oxygen atoms in total. The molecule has 0 saturated heterocycles. The molecule has 0 atom stereocenters. The van der Waals surface area contributed by atoms with E-state index in [-0.39, 0.29) is 0 Å². The van der Waals surface area contributed by atoms with E-state index in [0.29, 0.717) is 12.6 Å². The molecule has 2 N–H and O–H groups in total. The maximum absolute atomic E-state index is 5.39. The van der Waals surface area contributed by atoms with Crippen LogP contribution in [0.4, 0.5) is 0 Å². The van der Waals surface area contributed by atoms with Crippen LogP contribution in [0.25, 0.3) is 0 Å². The number of nitrogens with zero attached hydrogens (tertiary/aromatic N) is 4. The summed E-state index contributed by atoms with van der Waals surface area (Å²) >= 11 is 0. The molecule has 0 spiro atoms. The normalized spacial score (nSPS) is 11.0. The fourth-order valence-electron chi connectivity index (χ4n) is 1.04. The largest absolute Gasteiger partial charge is 0.330 e. The van der Waals surface area contributed by atoms with E-state index >= 15 is 0 Å². The lowest BCUT2D eigenvalue weighted by molar-refractivity contribution is 0.490. The Labute approximate surface area is 71.9 Å². The van der Waals surface area contributed by atoms with E-state index in [0.717, 1.165) is 18.7 Å². The molecule has 0 aliphatic carbocycles. The van der Waals surface area contributed by atoms with Crippen molar-refractivity contribution >= 4 is 0 Å². The van der Waals surface area contributed by atoms with Gasteiger partial charge in [-0.3, -0.25) is 0 Å². The molecular weight excluding hydrogens is 154 g/mol. The molecule has 1 rings (SSSR count). The molecule has 68 valence electrons. The van der Waals surface area contributed by atoms with Gasteiger partial charge >= 0.3 is 0 Å². The summed E-state index contributed by atoms with van der Waals surface area (Å²) in [5.74, 6) is 0.926. The Morgan fingerprint density at radius 3 is 2.83 bits per heavy atom. The first-order valence-corrected chi connectivity index (χ1v) is 4.22. The topological polar surface area (TPSA) is 69.6 Å². The second kappa shape index (κ2) is 4.15. The van der Waals surface area contributed by atoms with Gasteiger partial charge in [-0.25, -0.2) is 4.68 Å². The van der Waals surface area contributed by atoms with Gasteiger partial charge in [0.15, 0.2) is 5.82 Å². The molecule has 0 aliphatic rings. The van der Waals surface area contributed by atoms with Gasteiger partial charge in [0.25, 0.3) is 0 Å². The smallest absolute Gasteiger partial charge is 0.151 e. The average molecular weight is 169 g/mol. The van der Waals surface area contributed by atoms with Gasteiger partial charge in [0, 0.05) is 6.42 Å². The molecule has 1 aromatic rings. The monoisotopic (exact) mass is 169 g/mol. The van der Waals surface area contributed by atoms with Crippen molar-refractivity contribution in [1.29, 1.82) is 0 Å². The Bertz CT molecular complexity index is 229. The SMILES string of the molecule is CC(C)n1nnnc1CCCN. The zero-order chi connectivity index (χ0) is 8.97. The summed E-state index contributed by atoms with van der Waals surface area (Å²) in [5.41, 5.74) is 5.39. The molecule has 0 aliphatic heterocycles. The van der Waals surface area contributed by atoms with E-state index in [1.165, 1.54) is 0 Å². The summed E-state index contributed by atoms with van der Waals surface area (Å²) in [5, 5.41) is 11.4. The zero-order valence-electron chi connectivity index (χ0n) is 7.56. The number of nitrogens with two attached hydrogens (primary N) is 1. The minimum absolute atomic E-state index is 0.327. The van der Waals surface area contributed by atoms with Crippen molar-refractivity contribution < 1.29 is 0 Å². The molecule has 0 saturated carbocycles. The van der Waals surface area contributed by atoms with Crippen molar-refractivity contribution in [3.05, 3.63) is 5.82 Å². The molecule has 0 amide bonds. The van der Waals surface area contributed by atoms with Gasteiger partial charge in [0.2, 0.25) is 0 Å². The molecule has 0 bridgehead atoms. The summed E-state index contributed by atoms with van der Waals surface area (Å²) in [7, 11) is 0. The predicted octanol–water partition coefficient (Wildman–Crippen LogP) is 0.145. The third-order valence-electron chi connectivity index (χ3n) is 1.65. The Hall–Kier alpha value is -0.970. The highest BCUT2D eigenvalue weighted by molar-refractivity contribution is 4.82. The van der Waals surface area contributed by atoms with Crippen LogP contribution in [0.3, 0.4) is 0 Å². The summed E-state index contributed by atoms with van der Waals surface area (Å²) in [4.78, 5) is 0. The highest BCUT2D eigenvalue weighted by atomic mass is 15.5. The molecule has 0 radical (unpaired) electrons. The molecule has 5 heteroatoms. The fourth-order valence-corrected chi connectivity index (χ4v) is 1.04. The van der Waals surface area contributed by atoms with Crippen LogP contribution in [0.15, 0.2) is 0 Å². The van der Waals surface area contributed by atoms with Crippen molar-refractivity contribution in [3.8, 4) is 0 Å². The second-order valence-electron chi connectivity index (χ2n) is 3.03. The molecule has 12 heavy (non-hydrogen) atoms. The van der Waals surface area contributed by atoms with Crippen LogP contribution in [-0.4, -0.2) is 26.8 Å². The first-order chi connectivity index (χ1) is 5.75. The van der Waals surface area contributed by atoms with Crippen molar-refractivity contribution in [2.45, 2.75) is 32.7 Å². The predicted molar refractivity (Wildman–Crippen MR) is 45.6 cm³/mol. The van der Waals surface area contributed by atoms with Gasteiger partial charge in [0.05, 0.1) is 6.04 Å². The molecule has 0 aromatic carbocycles. The highest BCUT2D eigenvalue weighted by Gasteiger charge is 2.07. The summed E-state index contributed by atoms with van der Waals surface area (Å²) in [6.07, 6.45) is 1.80.